The van der Waals surface area contributed by atoms with Crippen LogP contribution in [-0.4, -0.2) is 21.4 Å². The van der Waals surface area contributed by atoms with Crippen LogP contribution >= 0.6 is 12.2 Å². The monoisotopic (exact) mass is 357 g/mol. The van der Waals surface area contributed by atoms with E-state index in [0.29, 0.717) is 18.0 Å². The second kappa shape index (κ2) is 7.29. The Labute approximate surface area is 152 Å². The van der Waals surface area contributed by atoms with Crippen LogP contribution in [0.2, 0.25) is 0 Å². The lowest BCUT2D eigenvalue weighted by Crippen LogP contribution is -3.07. The second-order valence-electron chi connectivity index (χ2n) is 6.49. The van der Waals surface area contributed by atoms with Crippen LogP contribution in [0.25, 0.3) is 5.69 Å². The molecule has 0 saturated heterocycles. The van der Waals surface area contributed by atoms with E-state index < -0.39 is 0 Å². The average Bonchev–Trinajstić information content (AvgIpc) is 2.90. The zero-order valence-corrected chi connectivity index (χ0v) is 15.5. The van der Waals surface area contributed by atoms with Gasteiger partial charge >= 0.3 is 0 Å². The van der Waals surface area contributed by atoms with Gasteiger partial charge in [0, 0.05) is 5.56 Å². The molecule has 3 aromatic rings. The minimum absolute atomic E-state index is 0.207. The van der Waals surface area contributed by atoms with E-state index in [0.717, 1.165) is 16.8 Å². The van der Waals surface area contributed by atoms with Crippen molar-refractivity contribution in [1.82, 2.24) is 14.3 Å². The summed E-state index contributed by atoms with van der Waals surface area (Å²) in [6.45, 7) is 5.45. The Morgan fingerprint density at radius 3 is 2.72 bits per heavy atom. The molecule has 0 bridgehead atoms. The van der Waals surface area contributed by atoms with Crippen molar-refractivity contribution in [3.63, 3.8) is 0 Å². The minimum Gasteiger partial charge on any atom is -0.315 e. The zero-order chi connectivity index (χ0) is 18.0. The van der Waals surface area contributed by atoms with Crippen LogP contribution in [0, 0.1) is 24.4 Å². The lowest BCUT2D eigenvalue weighted by molar-refractivity contribution is -0.917. The lowest BCUT2D eigenvalue weighted by atomic mass is 10.1. The van der Waals surface area contributed by atoms with Gasteiger partial charge in [-0.2, -0.15) is 9.78 Å². The first-order valence-corrected chi connectivity index (χ1v) is 8.62. The molecular formula is C19H22FN4S+. The van der Waals surface area contributed by atoms with Gasteiger partial charge in [0.15, 0.2) is 6.67 Å². The van der Waals surface area contributed by atoms with Gasteiger partial charge in [0.2, 0.25) is 4.77 Å². The maximum Gasteiger partial charge on any atom is 0.207 e. The molecule has 0 radical (unpaired) electrons. The van der Waals surface area contributed by atoms with Gasteiger partial charge < -0.3 is 4.90 Å². The van der Waals surface area contributed by atoms with Crippen molar-refractivity contribution in [3.05, 3.63) is 76.1 Å². The van der Waals surface area contributed by atoms with Gasteiger partial charge in [-0.05, 0) is 55.4 Å². The highest BCUT2D eigenvalue weighted by molar-refractivity contribution is 7.71. The number of rotatable bonds is 5. The molecule has 0 spiro atoms. The van der Waals surface area contributed by atoms with Crippen LogP contribution in [-0.2, 0) is 13.2 Å². The molecule has 0 aliphatic carbocycles. The highest BCUT2D eigenvalue weighted by Crippen LogP contribution is 2.16. The Kier molecular flexibility index (Phi) is 5.11. The SMILES string of the molecule is Cc1ccc(C)c(-n2cnn(C[NH+](C)Cc3cccc(F)c3)c2=S)c1. The highest BCUT2D eigenvalue weighted by atomic mass is 32.1. The molecular weight excluding hydrogens is 335 g/mol. The highest BCUT2D eigenvalue weighted by Gasteiger charge is 2.11. The maximum absolute atomic E-state index is 13.3. The Bertz CT molecular complexity index is 945. The summed E-state index contributed by atoms with van der Waals surface area (Å²) in [7, 11) is 2.05. The van der Waals surface area contributed by atoms with Crippen LogP contribution in [0.4, 0.5) is 4.39 Å². The fraction of sp³-hybridized carbons (Fsp3) is 0.263. The quantitative estimate of drug-likeness (QED) is 0.711. The van der Waals surface area contributed by atoms with E-state index in [1.165, 1.54) is 16.5 Å². The Balaban J connectivity index is 1.79. The van der Waals surface area contributed by atoms with Gasteiger partial charge in [-0.1, -0.05) is 24.3 Å². The molecule has 0 aliphatic heterocycles. The number of aryl methyl sites for hydroxylation is 2. The predicted molar refractivity (Wildman–Crippen MR) is 98.9 cm³/mol. The van der Waals surface area contributed by atoms with Crippen molar-refractivity contribution in [2.24, 2.45) is 0 Å². The number of nitrogens with zero attached hydrogens (tertiary/aromatic N) is 3. The van der Waals surface area contributed by atoms with Gasteiger partial charge in [0.05, 0.1) is 12.7 Å². The van der Waals surface area contributed by atoms with Gasteiger partial charge in [-0.25, -0.2) is 4.39 Å². The summed E-state index contributed by atoms with van der Waals surface area (Å²) in [5.74, 6) is -0.207. The van der Waals surface area contributed by atoms with Crippen LogP contribution < -0.4 is 4.90 Å². The maximum atomic E-state index is 13.3. The third-order valence-electron chi connectivity index (χ3n) is 4.17. The van der Waals surface area contributed by atoms with E-state index in [1.54, 1.807) is 18.5 Å². The third-order valence-corrected chi connectivity index (χ3v) is 4.58. The molecule has 1 heterocycles. The first-order valence-electron chi connectivity index (χ1n) is 8.22. The molecule has 1 N–H and O–H groups in total. The largest absolute Gasteiger partial charge is 0.315 e. The van der Waals surface area contributed by atoms with Crippen molar-refractivity contribution in [1.29, 1.82) is 0 Å². The Morgan fingerprint density at radius 1 is 1.16 bits per heavy atom. The van der Waals surface area contributed by atoms with Gasteiger partial charge in [-0.15, -0.1) is 0 Å². The molecule has 25 heavy (non-hydrogen) atoms. The van der Waals surface area contributed by atoms with Crippen molar-refractivity contribution in [2.45, 2.75) is 27.1 Å². The van der Waals surface area contributed by atoms with Crippen molar-refractivity contribution < 1.29 is 9.29 Å². The zero-order valence-electron chi connectivity index (χ0n) is 14.7. The Morgan fingerprint density at radius 2 is 1.96 bits per heavy atom. The van der Waals surface area contributed by atoms with E-state index in [9.17, 15) is 4.39 Å². The van der Waals surface area contributed by atoms with Gasteiger partial charge in [-0.3, -0.25) is 4.57 Å². The topological polar surface area (TPSA) is 27.2 Å². The van der Waals surface area contributed by atoms with E-state index in [4.69, 9.17) is 12.2 Å². The molecule has 0 amide bonds. The summed E-state index contributed by atoms with van der Waals surface area (Å²) >= 11 is 5.60. The summed E-state index contributed by atoms with van der Waals surface area (Å²) in [6, 6.07) is 13.0. The van der Waals surface area contributed by atoms with E-state index in [-0.39, 0.29) is 5.82 Å². The Hall–Kier alpha value is -2.31. The number of quaternary nitrogens is 1. The fourth-order valence-electron chi connectivity index (χ4n) is 2.90. The standard InChI is InChI=1S/C19H21FN4S/c1-14-7-8-15(2)18(9-14)23-12-21-24(19(23)25)13-22(3)11-16-5-4-6-17(20)10-16/h4-10,12H,11,13H2,1-3H3/p+1. The molecule has 3 rings (SSSR count). The minimum atomic E-state index is -0.207. The number of benzene rings is 2. The molecule has 4 nitrogen and oxygen atoms in total. The molecule has 0 fully saturated rings. The van der Waals surface area contributed by atoms with E-state index in [1.807, 2.05) is 22.4 Å². The number of hydrogen-bond acceptors (Lipinski definition) is 2. The van der Waals surface area contributed by atoms with Gasteiger partial charge in [0.1, 0.15) is 18.7 Å². The predicted octanol–water partition coefficient (Wildman–Crippen LogP) is 2.83. The fourth-order valence-corrected chi connectivity index (χ4v) is 3.15. The van der Waals surface area contributed by atoms with E-state index >= 15 is 0 Å². The third kappa shape index (κ3) is 4.03. The summed E-state index contributed by atoms with van der Waals surface area (Å²) in [5.41, 5.74) is 4.35. The number of halogens is 1. The second-order valence-corrected chi connectivity index (χ2v) is 6.86. The van der Waals surface area contributed by atoms with Crippen LogP contribution in [0.15, 0.2) is 48.8 Å². The molecule has 2 aromatic carbocycles. The van der Waals surface area contributed by atoms with E-state index in [2.05, 4.69) is 37.1 Å². The first kappa shape index (κ1) is 17.5. The normalized spacial score (nSPS) is 12.3. The van der Waals surface area contributed by atoms with Crippen LogP contribution in [0.1, 0.15) is 16.7 Å². The van der Waals surface area contributed by atoms with Crippen LogP contribution in [0.5, 0.6) is 0 Å². The number of nitrogens with one attached hydrogen (secondary N) is 1. The number of hydrogen-bond donors (Lipinski definition) is 1. The molecule has 6 heteroatoms. The molecule has 1 unspecified atom stereocenters. The first-order chi connectivity index (χ1) is 11.9. The van der Waals surface area contributed by atoms with Crippen molar-refractivity contribution >= 4 is 12.2 Å². The summed E-state index contributed by atoms with van der Waals surface area (Å²) in [4.78, 5) is 1.17. The smallest absolute Gasteiger partial charge is 0.207 e. The molecule has 1 atom stereocenters. The lowest BCUT2D eigenvalue weighted by Gasteiger charge is -2.14. The van der Waals surface area contributed by atoms with Crippen molar-refractivity contribution in [2.75, 3.05) is 7.05 Å². The summed E-state index contributed by atoms with van der Waals surface area (Å²) < 4.78 is 17.7. The summed E-state index contributed by atoms with van der Waals surface area (Å²) in [5, 5.41) is 4.44. The molecule has 130 valence electrons. The summed E-state index contributed by atoms with van der Waals surface area (Å²) in [6.07, 6.45) is 1.76. The van der Waals surface area contributed by atoms with Gasteiger partial charge in [0.25, 0.3) is 0 Å². The number of aromatic nitrogens is 3. The molecule has 1 aromatic heterocycles. The van der Waals surface area contributed by atoms with Crippen LogP contribution in [0.3, 0.4) is 0 Å². The average molecular weight is 357 g/mol. The van der Waals surface area contributed by atoms with Crippen molar-refractivity contribution in [3.8, 4) is 5.69 Å². The molecule has 0 aliphatic rings. The molecule has 0 saturated carbocycles.